The topological polar surface area (TPSA) is 67.8 Å². The fourth-order valence-corrected chi connectivity index (χ4v) is 3.36. The fourth-order valence-electron chi connectivity index (χ4n) is 3.36. The van der Waals surface area contributed by atoms with Gasteiger partial charge in [-0.3, -0.25) is 9.78 Å². The van der Waals surface area contributed by atoms with Gasteiger partial charge in [-0.05, 0) is 37.0 Å². The molecule has 2 aromatic heterocycles. The predicted octanol–water partition coefficient (Wildman–Crippen LogP) is 3.27. The molecule has 0 unspecified atom stereocenters. The van der Waals surface area contributed by atoms with E-state index in [1.807, 2.05) is 48.7 Å². The Morgan fingerprint density at radius 1 is 1.12 bits per heavy atom. The highest BCUT2D eigenvalue weighted by molar-refractivity contribution is 5.79. The van der Waals surface area contributed by atoms with E-state index >= 15 is 0 Å². The van der Waals surface area contributed by atoms with Crippen molar-refractivity contribution >= 4 is 5.91 Å². The van der Waals surface area contributed by atoms with Crippen molar-refractivity contribution in [3.8, 4) is 11.4 Å². The first-order valence-corrected chi connectivity index (χ1v) is 8.89. The third kappa shape index (κ3) is 3.61. The van der Waals surface area contributed by atoms with E-state index in [0.717, 1.165) is 41.6 Å². The minimum atomic E-state index is -0.0158. The van der Waals surface area contributed by atoms with Gasteiger partial charge in [-0.1, -0.05) is 30.3 Å². The SMILES string of the molecule is O=C(Cc1ccccc1)N[C@@H]1CCCc2nc(-c3cccnc3)ncc21. The quantitative estimate of drug-likeness (QED) is 0.789. The zero-order valence-corrected chi connectivity index (χ0v) is 14.4. The highest BCUT2D eigenvalue weighted by atomic mass is 16.1. The molecule has 130 valence electrons. The van der Waals surface area contributed by atoms with Crippen molar-refractivity contribution in [1.29, 1.82) is 0 Å². The summed E-state index contributed by atoms with van der Waals surface area (Å²) >= 11 is 0. The second-order valence-electron chi connectivity index (χ2n) is 6.51. The molecule has 5 heteroatoms. The maximum atomic E-state index is 12.4. The van der Waals surface area contributed by atoms with Gasteiger partial charge >= 0.3 is 0 Å². The van der Waals surface area contributed by atoms with Gasteiger partial charge in [-0.15, -0.1) is 0 Å². The number of carbonyl (C=O) groups is 1. The molecule has 1 atom stereocenters. The summed E-state index contributed by atoms with van der Waals surface area (Å²) in [5, 5.41) is 3.15. The molecule has 0 aliphatic heterocycles. The van der Waals surface area contributed by atoms with Gasteiger partial charge in [0.05, 0.1) is 12.5 Å². The van der Waals surface area contributed by atoms with Crippen LogP contribution in [0.5, 0.6) is 0 Å². The minimum Gasteiger partial charge on any atom is -0.349 e. The molecule has 4 rings (SSSR count). The third-order valence-corrected chi connectivity index (χ3v) is 4.64. The van der Waals surface area contributed by atoms with Crippen LogP contribution >= 0.6 is 0 Å². The molecule has 0 radical (unpaired) electrons. The van der Waals surface area contributed by atoms with Crippen molar-refractivity contribution in [2.24, 2.45) is 0 Å². The first-order valence-electron chi connectivity index (χ1n) is 8.89. The molecule has 3 aromatic rings. The van der Waals surface area contributed by atoms with E-state index in [2.05, 4.69) is 15.3 Å². The summed E-state index contributed by atoms with van der Waals surface area (Å²) in [6.07, 6.45) is 8.59. The van der Waals surface area contributed by atoms with Gasteiger partial charge in [0.25, 0.3) is 0 Å². The summed E-state index contributed by atoms with van der Waals surface area (Å²) in [4.78, 5) is 25.8. The maximum absolute atomic E-state index is 12.4. The van der Waals surface area contributed by atoms with E-state index in [-0.39, 0.29) is 11.9 Å². The fraction of sp³-hybridized carbons (Fsp3) is 0.238. The van der Waals surface area contributed by atoms with Crippen LogP contribution in [0.3, 0.4) is 0 Å². The van der Waals surface area contributed by atoms with Crippen LogP contribution in [0, 0.1) is 0 Å². The Balaban J connectivity index is 1.51. The van der Waals surface area contributed by atoms with Crippen LogP contribution in [0.4, 0.5) is 0 Å². The first kappa shape index (κ1) is 16.4. The number of hydrogen-bond acceptors (Lipinski definition) is 4. The molecule has 1 amide bonds. The van der Waals surface area contributed by atoms with Crippen molar-refractivity contribution in [3.63, 3.8) is 0 Å². The predicted molar refractivity (Wildman–Crippen MR) is 99.2 cm³/mol. The zero-order chi connectivity index (χ0) is 17.8. The van der Waals surface area contributed by atoms with E-state index < -0.39 is 0 Å². The summed E-state index contributed by atoms with van der Waals surface area (Å²) in [6, 6.07) is 13.6. The lowest BCUT2D eigenvalue weighted by atomic mass is 9.92. The van der Waals surface area contributed by atoms with E-state index in [9.17, 15) is 4.79 Å². The summed E-state index contributed by atoms with van der Waals surface area (Å²) < 4.78 is 0. The smallest absolute Gasteiger partial charge is 0.224 e. The number of rotatable bonds is 4. The van der Waals surface area contributed by atoms with Gasteiger partial charge in [0, 0.05) is 35.4 Å². The zero-order valence-electron chi connectivity index (χ0n) is 14.4. The number of benzene rings is 1. The molecule has 0 fully saturated rings. The summed E-state index contributed by atoms with van der Waals surface area (Å²) in [6.45, 7) is 0. The molecule has 1 aliphatic carbocycles. The van der Waals surface area contributed by atoms with Gasteiger partial charge in [0.2, 0.25) is 5.91 Å². The highest BCUT2D eigenvalue weighted by Gasteiger charge is 2.24. The Kier molecular flexibility index (Phi) is 4.69. The third-order valence-electron chi connectivity index (χ3n) is 4.64. The van der Waals surface area contributed by atoms with Gasteiger partial charge in [0.1, 0.15) is 0 Å². The van der Waals surface area contributed by atoms with Gasteiger partial charge in [0.15, 0.2) is 5.82 Å². The molecular formula is C21H20N4O. The summed E-state index contributed by atoms with van der Waals surface area (Å²) in [7, 11) is 0. The summed E-state index contributed by atoms with van der Waals surface area (Å²) in [5.74, 6) is 0.721. The van der Waals surface area contributed by atoms with E-state index in [1.54, 1.807) is 12.4 Å². The molecule has 0 spiro atoms. The highest BCUT2D eigenvalue weighted by Crippen LogP contribution is 2.29. The van der Waals surface area contributed by atoms with Crippen LogP contribution < -0.4 is 5.32 Å². The molecule has 1 aromatic carbocycles. The van der Waals surface area contributed by atoms with Crippen LogP contribution in [0.2, 0.25) is 0 Å². The lowest BCUT2D eigenvalue weighted by Crippen LogP contribution is -2.32. The minimum absolute atomic E-state index is 0.0158. The number of amides is 1. The van der Waals surface area contributed by atoms with Crippen LogP contribution in [0.25, 0.3) is 11.4 Å². The summed E-state index contributed by atoms with van der Waals surface area (Å²) in [5.41, 5.74) is 3.98. The van der Waals surface area contributed by atoms with Crippen LogP contribution in [-0.2, 0) is 17.6 Å². The molecule has 5 nitrogen and oxygen atoms in total. The molecule has 26 heavy (non-hydrogen) atoms. The van der Waals surface area contributed by atoms with E-state index in [4.69, 9.17) is 4.98 Å². The number of pyridine rings is 1. The monoisotopic (exact) mass is 344 g/mol. The number of aryl methyl sites for hydroxylation is 1. The molecule has 0 bridgehead atoms. The molecule has 0 saturated heterocycles. The Labute approximate surface area is 152 Å². The second kappa shape index (κ2) is 7.44. The Morgan fingerprint density at radius 2 is 2.00 bits per heavy atom. The van der Waals surface area contributed by atoms with E-state index in [0.29, 0.717) is 12.2 Å². The first-order chi connectivity index (χ1) is 12.8. The number of carbonyl (C=O) groups excluding carboxylic acids is 1. The van der Waals surface area contributed by atoms with Gasteiger partial charge < -0.3 is 5.32 Å². The molecular weight excluding hydrogens is 324 g/mol. The number of nitrogens with one attached hydrogen (secondary N) is 1. The molecule has 1 aliphatic rings. The van der Waals surface area contributed by atoms with Crippen LogP contribution in [0.1, 0.15) is 35.7 Å². The van der Waals surface area contributed by atoms with Crippen molar-refractivity contribution in [2.75, 3.05) is 0 Å². The Bertz CT molecular complexity index is 896. The van der Waals surface area contributed by atoms with Crippen LogP contribution in [0.15, 0.2) is 61.1 Å². The normalized spacial score (nSPS) is 15.9. The standard InChI is InChI=1S/C21H20N4O/c26-20(12-15-6-2-1-3-7-15)24-18-9-4-10-19-17(18)14-23-21(25-19)16-8-5-11-22-13-16/h1-3,5-8,11,13-14,18H,4,9-10,12H2,(H,24,26)/t18-/m1/s1. The second-order valence-corrected chi connectivity index (χ2v) is 6.51. The average molecular weight is 344 g/mol. The molecule has 1 N–H and O–H groups in total. The number of nitrogens with zero attached hydrogens (tertiary/aromatic N) is 3. The number of aromatic nitrogens is 3. The van der Waals surface area contributed by atoms with Gasteiger partial charge in [-0.2, -0.15) is 0 Å². The lowest BCUT2D eigenvalue weighted by Gasteiger charge is -2.25. The Morgan fingerprint density at radius 3 is 2.81 bits per heavy atom. The maximum Gasteiger partial charge on any atom is 0.224 e. The van der Waals surface area contributed by atoms with Crippen molar-refractivity contribution < 1.29 is 4.79 Å². The van der Waals surface area contributed by atoms with Crippen molar-refractivity contribution in [2.45, 2.75) is 31.7 Å². The largest absolute Gasteiger partial charge is 0.349 e. The van der Waals surface area contributed by atoms with Gasteiger partial charge in [-0.25, -0.2) is 9.97 Å². The van der Waals surface area contributed by atoms with Crippen molar-refractivity contribution in [3.05, 3.63) is 77.9 Å². The lowest BCUT2D eigenvalue weighted by molar-refractivity contribution is -0.121. The molecule has 2 heterocycles. The molecule has 0 saturated carbocycles. The van der Waals surface area contributed by atoms with Crippen LogP contribution in [-0.4, -0.2) is 20.9 Å². The van der Waals surface area contributed by atoms with E-state index in [1.165, 1.54) is 0 Å². The number of hydrogen-bond donors (Lipinski definition) is 1. The average Bonchev–Trinajstić information content (AvgIpc) is 2.69. The van der Waals surface area contributed by atoms with Crippen molar-refractivity contribution in [1.82, 2.24) is 20.3 Å². The Hall–Kier alpha value is -3.08. The number of fused-ring (bicyclic) bond motifs is 1.